The molecule has 0 heterocycles. The number of hydrogen-bond donors (Lipinski definition) is 1. The van der Waals surface area contributed by atoms with E-state index in [2.05, 4.69) is 12.6 Å². The fraction of sp³-hybridized carbons (Fsp3) is 0.250. The van der Waals surface area contributed by atoms with Crippen LogP contribution < -0.4 is 0 Å². The van der Waals surface area contributed by atoms with Crippen LogP contribution in [0, 0.1) is 0 Å². The average molecular weight is 140 g/mol. The van der Waals surface area contributed by atoms with Gasteiger partial charge in [0.15, 0.2) is 0 Å². The van der Waals surface area contributed by atoms with Gasteiger partial charge in [0, 0.05) is 0 Å². The quantitative estimate of drug-likeness (QED) is 0.442. The Kier molecular flexibility index (Phi) is 5.43. The van der Waals surface area contributed by atoms with Gasteiger partial charge in [0.05, 0.1) is 0 Å². The van der Waals surface area contributed by atoms with Gasteiger partial charge in [0.2, 0.25) is 0 Å². The fourth-order valence-corrected chi connectivity index (χ4v) is 0.456. The monoisotopic (exact) mass is 140 g/mol. The third kappa shape index (κ3) is 7.57. The molecule has 0 aromatic heterocycles. The summed E-state index contributed by atoms with van der Waals surface area (Å²) in [7, 11) is 0. The van der Waals surface area contributed by atoms with Crippen LogP contribution in [-0.4, -0.2) is 0 Å². The fourth-order valence-electron chi connectivity index (χ4n) is 0.370. The lowest BCUT2D eigenvalue weighted by Gasteiger charge is -1.78. The Morgan fingerprint density at radius 2 is 1.89 bits per heavy atom. The van der Waals surface area contributed by atoms with E-state index in [0.29, 0.717) is 0 Å². The number of hydrogen-bond acceptors (Lipinski definition) is 1. The number of rotatable bonds is 2. The van der Waals surface area contributed by atoms with Gasteiger partial charge < -0.3 is 0 Å². The summed E-state index contributed by atoms with van der Waals surface area (Å²) in [6.45, 7) is 3.94. The molecule has 0 N–H and O–H groups in total. The van der Waals surface area contributed by atoms with Crippen molar-refractivity contribution in [3.05, 3.63) is 35.3 Å². The summed E-state index contributed by atoms with van der Waals surface area (Å²) in [4.78, 5) is 1.02. The summed E-state index contributed by atoms with van der Waals surface area (Å²) >= 11 is 4.09. The van der Waals surface area contributed by atoms with Crippen molar-refractivity contribution in [1.29, 1.82) is 0 Å². The Morgan fingerprint density at radius 1 is 1.22 bits per heavy atom. The zero-order valence-electron chi connectivity index (χ0n) is 5.83. The Hall–Kier alpha value is -0.430. The van der Waals surface area contributed by atoms with Gasteiger partial charge >= 0.3 is 0 Å². The van der Waals surface area contributed by atoms with Crippen molar-refractivity contribution in [3.8, 4) is 0 Å². The molecular formula is C8H12S. The van der Waals surface area contributed by atoms with E-state index in [4.69, 9.17) is 0 Å². The standard InChI is InChI=1S/C8H12S/c1-3-4-5-6-7-8(2)9/h3-7,9H,1-2H3/b4-3-,6-5-,8-7+. The Morgan fingerprint density at radius 3 is 2.33 bits per heavy atom. The van der Waals surface area contributed by atoms with E-state index in [1.165, 1.54) is 0 Å². The molecule has 0 aromatic carbocycles. The van der Waals surface area contributed by atoms with Crippen molar-refractivity contribution in [2.45, 2.75) is 13.8 Å². The van der Waals surface area contributed by atoms with Gasteiger partial charge in [-0.25, -0.2) is 0 Å². The third-order valence-electron chi connectivity index (χ3n) is 0.752. The van der Waals surface area contributed by atoms with Gasteiger partial charge in [0.25, 0.3) is 0 Å². The molecule has 0 aliphatic carbocycles. The highest BCUT2D eigenvalue weighted by Crippen LogP contribution is 1.96. The summed E-state index contributed by atoms with van der Waals surface area (Å²) in [6, 6.07) is 0. The molecule has 0 saturated carbocycles. The molecule has 0 bridgehead atoms. The first kappa shape index (κ1) is 8.57. The zero-order chi connectivity index (χ0) is 7.11. The van der Waals surface area contributed by atoms with Gasteiger partial charge in [0.1, 0.15) is 0 Å². The summed E-state index contributed by atoms with van der Waals surface area (Å²) in [5.41, 5.74) is 0. The highest BCUT2D eigenvalue weighted by molar-refractivity contribution is 7.84. The zero-order valence-corrected chi connectivity index (χ0v) is 6.73. The summed E-state index contributed by atoms with van der Waals surface area (Å²) in [5, 5.41) is 0. The normalized spacial score (nSPS) is 13.9. The van der Waals surface area contributed by atoms with E-state index in [-0.39, 0.29) is 0 Å². The van der Waals surface area contributed by atoms with Crippen molar-refractivity contribution in [2.24, 2.45) is 0 Å². The molecule has 50 valence electrons. The Labute approximate surface area is 62.4 Å². The summed E-state index contributed by atoms with van der Waals surface area (Å²) in [6.07, 6.45) is 9.84. The lowest BCUT2D eigenvalue weighted by atomic mass is 10.4. The highest BCUT2D eigenvalue weighted by Gasteiger charge is 1.67. The molecule has 0 aliphatic heterocycles. The molecule has 0 spiro atoms. The van der Waals surface area contributed by atoms with Crippen LogP contribution >= 0.6 is 12.6 Å². The second-order valence-electron chi connectivity index (χ2n) is 1.72. The highest BCUT2D eigenvalue weighted by atomic mass is 32.1. The first-order valence-electron chi connectivity index (χ1n) is 2.92. The molecule has 0 fully saturated rings. The molecule has 0 radical (unpaired) electrons. The maximum atomic E-state index is 4.09. The predicted octanol–water partition coefficient (Wildman–Crippen LogP) is 2.95. The second kappa shape index (κ2) is 5.70. The van der Waals surface area contributed by atoms with Crippen molar-refractivity contribution in [1.82, 2.24) is 0 Å². The summed E-state index contributed by atoms with van der Waals surface area (Å²) in [5.74, 6) is 0. The van der Waals surface area contributed by atoms with Gasteiger partial charge in [-0.05, 0) is 18.8 Å². The molecule has 0 atom stereocenters. The van der Waals surface area contributed by atoms with Crippen molar-refractivity contribution in [2.75, 3.05) is 0 Å². The predicted molar refractivity (Wildman–Crippen MR) is 46.7 cm³/mol. The van der Waals surface area contributed by atoms with Gasteiger partial charge in [-0.1, -0.05) is 30.4 Å². The summed E-state index contributed by atoms with van der Waals surface area (Å²) < 4.78 is 0. The molecule has 0 saturated heterocycles. The van der Waals surface area contributed by atoms with Gasteiger partial charge in [-0.3, -0.25) is 0 Å². The van der Waals surface area contributed by atoms with E-state index in [0.717, 1.165) is 4.91 Å². The molecule has 0 aliphatic rings. The van der Waals surface area contributed by atoms with E-state index in [1.807, 2.05) is 44.2 Å². The average Bonchev–Trinajstić information content (AvgIpc) is 1.80. The second-order valence-corrected chi connectivity index (χ2v) is 2.42. The van der Waals surface area contributed by atoms with E-state index in [9.17, 15) is 0 Å². The maximum Gasteiger partial charge on any atom is -0.0215 e. The first-order chi connectivity index (χ1) is 4.27. The molecular weight excluding hydrogens is 128 g/mol. The molecule has 0 aromatic rings. The molecule has 0 amide bonds. The SMILES string of the molecule is C\C=C/C=C\C=C(/C)S. The van der Waals surface area contributed by atoms with Crippen LogP contribution in [0.5, 0.6) is 0 Å². The Balaban J connectivity index is 3.60. The van der Waals surface area contributed by atoms with E-state index < -0.39 is 0 Å². The molecule has 1 heteroatoms. The van der Waals surface area contributed by atoms with Gasteiger partial charge in [-0.15, -0.1) is 12.6 Å². The van der Waals surface area contributed by atoms with Crippen molar-refractivity contribution < 1.29 is 0 Å². The molecule has 0 rings (SSSR count). The minimum Gasteiger partial charge on any atom is -0.148 e. The van der Waals surface area contributed by atoms with Gasteiger partial charge in [-0.2, -0.15) is 0 Å². The largest absolute Gasteiger partial charge is 0.148 e. The van der Waals surface area contributed by atoms with Crippen LogP contribution in [0.2, 0.25) is 0 Å². The maximum absolute atomic E-state index is 4.09. The van der Waals surface area contributed by atoms with Crippen LogP contribution in [0.3, 0.4) is 0 Å². The molecule has 0 unspecified atom stereocenters. The van der Waals surface area contributed by atoms with Crippen LogP contribution in [0.4, 0.5) is 0 Å². The lowest BCUT2D eigenvalue weighted by Crippen LogP contribution is -1.53. The Bertz CT molecular complexity index is 137. The lowest BCUT2D eigenvalue weighted by molar-refractivity contribution is 1.67. The minimum atomic E-state index is 1.02. The van der Waals surface area contributed by atoms with Crippen molar-refractivity contribution in [3.63, 3.8) is 0 Å². The van der Waals surface area contributed by atoms with Crippen LogP contribution in [0.25, 0.3) is 0 Å². The van der Waals surface area contributed by atoms with Crippen LogP contribution in [0.15, 0.2) is 35.3 Å². The van der Waals surface area contributed by atoms with Crippen molar-refractivity contribution >= 4 is 12.6 Å². The first-order valence-corrected chi connectivity index (χ1v) is 3.37. The smallest absolute Gasteiger partial charge is 0.0215 e. The topological polar surface area (TPSA) is 0 Å². The minimum absolute atomic E-state index is 1.02. The van der Waals surface area contributed by atoms with Crippen LogP contribution in [-0.2, 0) is 0 Å². The third-order valence-corrected chi connectivity index (χ3v) is 0.901. The number of thiol groups is 1. The number of allylic oxidation sites excluding steroid dienone is 6. The van der Waals surface area contributed by atoms with E-state index in [1.54, 1.807) is 0 Å². The van der Waals surface area contributed by atoms with E-state index >= 15 is 0 Å². The molecule has 9 heavy (non-hydrogen) atoms. The van der Waals surface area contributed by atoms with Crippen LogP contribution in [0.1, 0.15) is 13.8 Å². The molecule has 0 nitrogen and oxygen atoms in total.